The fourth-order valence-electron chi connectivity index (χ4n) is 1.69. The summed E-state index contributed by atoms with van der Waals surface area (Å²) >= 11 is 0. The molecular weight excluding hydrogens is 290 g/mol. The molecule has 22 heavy (non-hydrogen) atoms. The van der Waals surface area contributed by atoms with Crippen molar-refractivity contribution >= 4 is 17.8 Å². The Morgan fingerprint density at radius 3 is 2.18 bits per heavy atom. The fourth-order valence-corrected chi connectivity index (χ4v) is 1.69. The summed E-state index contributed by atoms with van der Waals surface area (Å²) in [6.07, 6.45) is -1.01. The molecule has 1 rings (SSSR count). The van der Waals surface area contributed by atoms with E-state index in [9.17, 15) is 14.4 Å². The van der Waals surface area contributed by atoms with Gasteiger partial charge in [-0.3, -0.25) is 9.59 Å². The van der Waals surface area contributed by atoms with Gasteiger partial charge in [-0.1, -0.05) is 0 Å². The van der Waals surface area contributed by atoms with Gasteiger partial charge in [0.05, 0.1) is 0 Å². The number of benzene rings is 1. The van der Waals surface area contributed by atoms with E-state index in [2.05, 4.69) is 0 Å². The molecule has 0 unspecified atom stereocenters. The Hall–Kier alpha value is -2.57. The molecule has 1 amide bonds. The van der Waals surface area contributed by atoms with Crippen LogP contribution in [0.2, 0.25) is 0 Å². The average molecular weight is 309 g/mol. The Bertz CT molecular complexity index is 550. The topological polar surface area (TPSA) is 105 Å². The monoisotopic (exact) mass is 309 g/mol. The van der Waals surface area contributed by atoms with E-state index in [4.69, 9.17) is 19.9 Å². The Morgan fingerprint density at radius 1 is 1.09 bits per heavy atom. The summed E-state index contributed by atoms with van der Waals surface area (Å²) < 4.78 is 14.9. The molecule has 0 radical (unpaired) electrons. The number of ketones is 1. The van der Waals surface area contributed by atoms with Gasteiger partial charge in [-0.2, -0.15) is 0 Å². The summed E-state index contributed by atoms with van der Waals surface area (Å²) in [7, 11) is 0. The van der Waals surface area contributed by atoms with Crippen LogP contribution in [0.5, 0.6) is 5.75 Å². The van der Waals surface area contributed by atoms with Crippen molar-refractivity contribution < 1.29 is 28.6 Å². The zero-order valence-electron chi connectivity index (χ0n) is 12.8. The number of carbonyl (C=O) groups is 3. The molecule has 0 bridgehead atoms. The molecule has 120 valence electrons. The molecule has 7 nitrogen and oxygen atoms in total. The first-order valence-electron chi connectivity index (χ1n) is 6.62. The molecule has 0 atom stereocenters. The van der Waals surface area contributed by atoms with E-state index in [-0.39, 0.29) is 25.0 Å². The van der Waals surface area contributed by atoms with Crippen LogP contribution in [0.25, 0.3) is 0 Å². The summed E-state index contributed by atoms with van der Waals surface area (Å²) in [5, 5.41) is 0. The summed E-state index contributed by atoms with van der Waals surface area (Å²) in [4.78, 5) is 33.6. The standard InChI is InChI=1S/C15H19NO6/c1-10(17)20-8-9-21-12-6-4-11(5-7-12)13(18)15(2,3)22-14(16)19/h4-7H,8-9H2,1-3H3,(H2,16,19). The maximum absolute atomic E-state index is 12.2. The van der Waals surface area contributed by atoms with Gasteiger partial charge in [0.15, 0.2) is 5.60 Å². The van der Waals surface area contributed by atoms with E-state index < -0.39 is 11.7 Å². The average Bonchev–Trinajstić information content (AvgIpc) is 2.42. The van der Waals surface area contributed by atoms with E-state index in [1.807, 2.05) is 0 Å². The molecular formula is C15H19NO6. The van der Waals surface area contributed by atoms with Crippen LogP contribution < -0.4 is 10.5 Å². The maximum Gasteiger partial charge on any atom is 0.405 e. The van der Waals surface area contributed by atoms with Crippen LogP contribution in [0, 0.1) is 0 Å². The summed E-state index contributed by atoms with van der Waals surface area (Å²) in [6.45, 7) is 4.60. The molecule has 0 aromatic heterocycles. The SMILES string of the molecule is CC(=O)OCCOc1ccc(C(=O)C(C)(C)OC(N)=O)cc1. The van der Waals surface area contributed by atoms with E-state index in [1.54, 1.807) is 24.3 Å². The molecule has 0 fully saturated rings. The van der Waals surface area contributed by atoms with Crippen molar-refractivity contribution in [3.05, 3.63) is 29.8 Å². The predicted molar refractivity (Wildman–Crippen MR) is 77.6 cm³/mol. The Kier molecular flexibility index (Phi) is 5.91. The second-order valence-electron chi connectivity index (χ2n) is 4.97. The van der Waals surface area contributed by atoms with Gasteiger partial charge in [-0.25, -0.2) is 4.79 Å². The minimum atomic E-state index is -1.34. The van der Waals surface area contributed by atoms with Crippen LogP contribution in [0.15, 0.2) is 24.3 Å². The number of carbonyl (C=O) groups excluding carboxylic acids is 3. The van der Waals surface area contributed by atoms with Crippen LogP contribution >= 0.6 is 0 Å². The minimum Gasteiger partial charge on any atom is -0.490 e. The number of ether oxygens (including phenoxy) is 3. The molecule has 0 saturated heterocycles. The summed E-state index contributed by atoms with van der Waals surface area (Å²) in [5.41, 5.74) is 3.95. The van der Waals surface area contributed by atoms with E-state index in [0.29, 0.717) is 11.3 Å². The van der Waals surface area contributed by atoms with E-state index in [0.717, 1.165) is 0 Å². The quantitative estimate of drug-likeness (QED) is 0.467. The number of primary amides is 1. The van der Waals surface area contributed by atoms with Gasteiger partial charge in [0, 0.05) is 12.5 Å². The molecule has 2 N–H and O–H groups in total. The first kappa shape index (κ1) is 17.5. The van der Waals surface area contributed by atoms with Gasteiger partial charge in [-0.15, -0.1) is 0 Å². The lowest BCUT2D eigenvalue weighted by Crippen LogP contribution is -2.39. The van der Waals surface area contributed by atoms with Crippen molar-refractivity contribution in [1.29, 1.82) is 0 Å². The maximum atomic E-state index is 12.2. The van der Waals surface area contributed by atoms with Crippen LogP contribution in [-0.2, 0) is 14.3 Å². The van der Waals surface area contributed by atoms with Crippen molar-refractivity contribution in [1.82, 2.24) is 0 Å². The van der Waals surface area contributed by atoms with Gasteiger partial charge in [0.1, 0.15) is 19.0 Å². The predicted octanol–water partition coefficient (Wildman–Crippen LogP) is 1.69. The zero-order valence-corrected chi connectivity index (χ0v) is 12.8. The van der Waals surface area contributed by atoms with E-state index >= 15 is 0 Å². The molecule has 7 heteroatoms. The number of hydrogen-bond acceptors (Lipinski definition) is 6. The Balaban J connectivity index is 2.62. The number of hydrogen-bond donors (Lipinski definition) is 1. The number of esters is 1. The third kappa shape index (κ3) is 5.43. The number of Topliss-reactive ketones (excluding diaryl/α,β-unsaturated/α-hetero) is 1. The largest absolute Gasteiger partial charge is 0.490 e. The van der Waals surface area contributed by atoms with Crippen molar-refractivity contribution in [3.8, 4) is 5.75 Å². The molecule has 0 aliphatic carbocycles. The van der Waals surface area contributed by atoms with Crippen molar-refractivity contribution in [2.45, 2.75) is 26.4 Å². The van der Waals surface area contributed by atoms with Crippen LogP contribution in [-0.4, -0.2) is 36.7 Å². The first-order valence-corrected chi connectivity index (χ1v) is 6.62. The second kappa shape index (κ2) is 7.44. The van der Waals surface area contributed by atoms with Crippen LogP contribution in [0.4, 0.5) is 4.79 Å². The molecule has 1 aromatic carbocycles. The third-order valence-corrected chi connectivity index (χ3v) is 2.68. The minimum absolute atomic E-state index is 0.148. The van der Waals surface area contributed by atoms with Gasteiger partial charge < -0.3 is 19.9 Å². The van der Waals surface area contributed by atoms with Gasteiger partial charge in [0.2, 0.25) is 5.78 Å². The van der Waals surface area contributed by atoms with Crippen LogP contribution in [0.3, 0.4) is 0 Å². The lowest BCUT2D eigenvalue weighted by Gasteiger charge is -2.22. The fraction of sp³-hybridized carbons (Fsp3) is 0.400. The van der Waals surface area contributed by atoms with E-state index in [1.165, 1.54) is 20.8 Å². The molecule has 0 spiro atoms. The number of nitrogens with two attached hydrogens (primary N) is 1. The van der Waals surface area contributed by atoms with Crippen molar-refractivity contribution in [2.75, 3.05) is 13.2 Å². The highest BCUT2D eigenvalue weighted by Crippen LogP contribution is 2.20. The smallest absolute Gasteiger partial charge is 0.405 e. The first-order chi connectivity index (χ1) is 10.2. The van der Waals surface area contributed by atoms with Gasteiger partial charge >= 0.3 is 12.1 Å². The lowest BCUT2D eigenvalue weighted by molar-refractivity contribution is -0.141. The molecule has 1 aromatic rings. The molecule has 0 heterocycles. The molecule has 0 aliphatic heterocycles. The Labute approximate surface area is 128 Å². The summed E-state index contributed by atoms with van der Waals surface area (Å²) in [5.74, 6) is -0.226. The molecule has 0 saturated carbocycles. The van der Waals surface area contributed by atoms with Gasteiger partial charge in [0.25, 0.3) is 0 Å². The van der Waals surface area contributed by atoms with Crippen molar-refractivity contribution in [2.24, 2.45) is 5.73 Å². The lowest BCUT2D eigenvalue weighted by atomic mass is 9.96. The Morgan fingerprint density at radius 2 is 1.68 bits per heavy atom. The molecule has 0 aliphatic rings. The highest BCUT2D eigenvalue weighted by Gasteiger charge is 2.32. The van der Waals surface area contributed by atoms with Crippen LogP contribution in [0.1, 0.15) is 31.1 Å². The normalized spacial score (nSPS) is 10.7. The third-order valence-electron chi connectivity index (χ3n) is 2.68. The highest BCUT2D eigenvalue weighted by atomic mass is 16.6. The number of rotatable bonds is 7. The highest BCUT2D eigenvalue weighted by molar-refractivity contribution is 6.02. The second-order valence-corrected chi connectivity index (χ2v) is 4.97. The zero-order chi connectivity index (χ0) is 16.8. The van der Waals surface area contributed by atoms with Gasteiger partial charge in [-0.05, 0) is 38.1 Å². The number of amides is 1. The summed E-state index contributed by atoms with van der Waals surface area (Å²) in [6, 6.07) is 6.30. The van der Waals surface area contributed by atoms with Crippen molar-refractivity contribution in [3.63, 3.8) is 0 Å².